The quantitative estimate of drug-likeness (QED) is 0.581. The second-order valence-electron chi connectivity index (χ2n) is 4.79. The van der Waals surface area contributed by atoms with Crippen molar-refractivity contribution in [1.29, 1.82) is 0 Å². The number of nitrogen functional groups attached to an aromatic ring is 1. The van der Waals surface area contributed by atoms with E-state index >= 15 is 0 Å². The molecule has 5 heteroatoms. The largest absolute Gasteiger partial charge is 0.369 e. The molecule has 0 aliphatic heterocycles. The maximum absolute atomic E-state index is 13.3. The summed E-state index contributed by atoms with van der Waals surface area (Å²) in [6, 6.07) is 14.2. The maximum atomic E-state index is 13.3. The van der Waals surface area contributed by atoms with Crippen molar-refractivity contribution >= 4 is 27.9 Å². The molecule has 0 bridgehead atoms. The summed E-state index contributed by atoms with van der Waals surface area (Å²) in [5.41, 5.74) is 8.97. The van der Waals surface area contributed by atoms with Crippen LogP contribution in [-0.4, -0.2) is 14.5 Å². The fourth-order valence-electron chi connectivity index (χ4n) is 2.59. The third kappa shape index (κ3) is 1.74. The van der Waals surface area contributed by atoms with Crippen LogP contribution in [0.25, 0.3) is 27.6 Å². The first-order valence-corrected chi connectivity index (χ1v) is 6.51. The number of anilines is 1. The second-order valence-corrected chi connectivity index (χ2v) is 4.79. The van der Waals surface area contributed by atoms with E-state index in [4.69, 9.17) is 5.73 Å². The second kappa shape index (κ2) is 4.28. The van der Waals surface area contributed by atoms with Crippen LogP contribution < -0.4 is 5.73 Å². The van der Waals surface area contributed by atoms with Gasteiger partial charge in [0.25, 0.3) is 0 Å². The molecule has 0 unspecified atom stereocenters. The van der Waals surface area contributed by atoms with Gasteiger partial charge in [0.05, 0.1) is 22.2 Å². The van der Waals surface area contributed by atoms with E-state index in [0.29, 0.717) is 11.5 Å². The van der Waals surface area contributed by atoms with Crippen LogP contribution in [0.5, 0.6) is 0 Å². The van der Waals surface area contributed by atoms with E-state index < -0.39 is 0 Å². The van der Waals surface area contributed by atoms with Gasteiger partial charge in [-0.3, -0.25) is 9.55 Å². The summed E-state index contributed by atoms with van der Waals surface area (Å²) in [4.78, 5) is 8.65. The molecule has 2 N–H and O–H groups in total. The number of nitrogens with zero attached hydrogens (tertiary/aromatic N) is 3. The van der Waals surface area contributed by atoms with Gasteiger partial charge in [0.2, 0.25) is 5.95 Å². The van der Waals surface area contributed by atoms with Crippen molar-refractivity contribution in [3.05, 3.63) is 60.5 Å². The minimum absolute atomic E-state index is 0.314. The van der Waals surface area contributed by atoms with Gasteiger partial charge < -0.3 is 5.73 Å². The summed E-state index contributed by atoms with van der Waals surface area (Å²) in [6.07, 6.45) is 1.74. The van der Waals surface area contributed by atoms with E-state index in [2.05, 4.69) is 9.97 Å². The first kappa shape index (κ1) is 11.8. The average Bonchev–Trinajstić information content (AvgIpc) is 2.81. The summed E-state index contributed by atoms with van der Waals surface area (Å²) >= 11 is 0. The molecule has 4 aromatic rings. The predicted molar refractivity (Wildman–Crippen MR) is 80.7 cm³/mol. The Labute approximate surface area is 119 Å². The highest BCUT2D eigenvalue weighted by atomic mass is 19.1. The lowest BCUT2D eigenvalue weighted by Crippen LogP contribution is -2.02. The highest BCUT2D eigenvalue weighted by molar-refractivity contribution is 5.90. The van der Waals surface area contributed by atoms with Gasteiger partial charge in [0.15, 0.2) is 0 Å². The summed E-state index contributed by atoms with van der Waals surface area (Å²) in [5, 5.41) is 1.01. The lowest BCUT2D eigenvalue weighted by atomic mass is 10.2. The molecular formula is C16H11FN4. The minimum atomic E-state index is -0.330. The molecule has 4 rings (SSSR count). The maximum Gasteiger partial charge on any atom is 0.206 e. The van der Waals surface area contributed by atoms with E-state index in [0.717, 1.165) is 22.1 Å². The molecule has 0 saturated carbocycles. The zero-order chi connectivity index (χ0) is 14.4. The number of nitrogens with two attached hydrogens (primary N) is 1. The Morgan fingerprint density at radius 2 is 1.90 bits per heavy atom. The van der Waals surface area contributed by atoms with Crippen molar-refractivity contribution in [2.75, 3.05) is 5.73 Å². The molecule has 0 atom stereocenters. The number of aromatic nitrogens is 3. The van der Waals surface area contributed by atoms with E-state index in [1.165, 1.54) is 12.1 Å². The molecular weight excluding hydrogens is 267 g/mol. The van der Waals surface area contributed by atoms with Crippen LogP contribution in [-0.2, 0) is 0 Å². The summed E-state index contributed by atoms with van der Waals surface area (Å²) in [6.45, 7) is 0. The zero-order valence-corrected chi connectivity index (χ0v) is 11.0. The molecule has 0 spiro atoms. The standard InChI is InChI=1S/C16H11FN4/c17-11-6-7-13-12(9-11)20-16(18)21(13)14-5-1-3-10-4-2-8-19-15(10)14/h1-9H,(H2,18,20). The Hall–Kier alpha value is -2.95. The summed E-state index contributed by atoms with van der Waals surface area (Å²) in [5.74, 6) is -0.0167. The van der Waals surface area contributed by atoms with E-state index in [1.54, 1.807) is 16.8 Å². The molecule has 0 saturated heterocycles. The molecule has 0 fully saturated rings. The van der Waals surface area contributed by atoms with E-state index in [1.807, 2.05) is 30.3 Å². The number of hydrogen-bond donors (Lipinski definition) is 1. The summed E-state index contributed by atoms with van der Waals surface area (Å²) < 4.78 is 15.1. The number of rotatable bonds is 1. The Bertz CT molecular complexity index is 969. The highest BCUT2D eigenvalue weighted by Gasteiger charge is 2.13. The van der Waals surface area contributed by atoms with Crippen LogP contribution >= 0.6 is 0 Å². The van der Waals surface area contributed by atoms with Crippen molar-refractivity contribution in [3.8, 4) is 5.69 Å². The lowest BCUT2D eigenvalue weighted by molar-refractivity contribution is 0.629. The van der Waals surface area contributed by atoms with Crippen LogP contribution in [0, 0.1) is 5.82 Å². The Morgan fingerprint density at radius 3 is 2.81 bits per heavy atom. The summed E-state index contributed by atoms with van der Waals surface area (Å²) in [7, 11) is 0. The SMILES string of the molecule is Nc1nc2cc(F)ccc2n1-c1cccc2cccnc12. The van der Waals surface area contributed by atoms with Gasteiger partial charge in [-0.05, 0) is 24.3 Å². The fraction of sp³-hybridized carbons (Fsp3) is 0. The third-order valence-electron chi connectivity index (χ3n) is 3.49. The van der Waals surface area contributed by atoms with Crippen molar-refractivity contribution in [3.63, 3.8) is 0 Å². The molecule has 0 amide bonds. The average molecular weight is 278 g/mol. The number of hydrogen-bond acceptors (Lipinski definition) is 3. The molecule has 102 valence electrons. The van der Waals surface area contributed by atoms with Crippen LogP contribution in [0.2, 0.25) is 0 Å². The van der Waals surface area contributed by atoms with Crippen LogP contribution in [0.3, 0.4) is 0 Å². The van der Waals surface area contributed by atoms with Gasteiger partial charge in [0.1, 0.15) is 5.82 Å². The molecule has 4 nitrogen and oxygen atoms in total. The van der Waals surface area contributed by atoms with E-state index in [9.17, 15) is 4.39 Å². The molecule has 2 aromatic heterocycles. The van der Waals surface area contributed by atoms with Crippen LogP contribution in [0.1, 0.15) is 0 Å². The number of benzene rings is 2. The monoisotopic (exact) mass is 278 g/mol. The van der Waals surface area contributed by atoms with Crippen LogP contribution in [0.4, 0.5) is 10.3 Å². The Kier molecular flexibility index (Phi) is 2.41. The zero-order valence-electron chi connectivity index (χ0n) is 11.0. The van der Waals surface area contributed by atoms with Gasteiger partial charge in [0, 0.05) is 17.6 Å². The Balaban J connectivity index is 2.11. The van der Waals surface area contributed by atoms with Gasteiger partial charge >= 0.3 is 0 Å². The third-order valence-corrected chi connectivity index (χ3v) is 3.49. The molecule has 0 radical (unpaired) electrons. The lowest BCUT2D eigenvalue weighted by Gasteiger charge is -2.09. The van der Waals surface area contributed by atoms with Gasteiger partial charge in [-0.2, -0.15) is 0 Å². The predicted octanol–water partition coefficient (Wildman–Crippen LogP) is 3.30. The topological polar surface area (TPSA) is 56.7 Å². The first-order valence-electron chi connectivity index (χ1n) is 6.51. The molecule has 0 aliphatic carbocycles. The minimum Gasteiger partial charge on any atom is -0.369 e. The molecule has 0 aliphatic rings. The highest BCUT2D eigenvalue weighted by Crippen LogP contribution is 2.27. The van der Waals surface area contributed by atoms with Gasteiger partial charge in [-0.25, -0.2) is 9.37 Å². The molecule has 21 heavy (non-hydrogen) atoms. The molecule has 2 heterocycles. The first-order chi connectivity index (χ1) is 10.2. The normalized spacial score (nSPS) is 11.3. The van der Waals surface area contributed by atoms with Crippen molar-refractivity contribution < 1.29 is 4.39 Å². The smallest absolute Gasteiger partial charge is 0.206 e. The number of para-hydroxylation sites is 1. The number of pyridine rings is 1. The van der Waals surface area contributed by atoms with E-state index in [-0.39, 0.29) is 5.82 Å². The van der Waals surface area contributed by atoms with Crippen molar-refractivity contribution in [2.45, 2.75) is 0 Å². The van der Waals surface area contributed by atoms with Crippen molar-refractivity contribution in [2.24, 2.45) is 0 Å². The fourth-order valence-corrected chi connectivity index (χ4v) is 2.59. The number of fused-ring (bicyclic) bond motifs is 2. The number of halogens is 1. The van der Waals surface area contributed by atoms with Crippen LogP contribution in [0.15, 0.2) is 54.7 Å². The molecule has 2 aromatic carbocycles. The Morgan fingerprint density at radius 1 is 1.05 bits per heavy atom. The number of imidazole rings is 1. The van der Waals surface area contributed by atoms with Crippen molar-refractivity contribution in [1.82, 2.24) is 14.5 Å². The van der Waals surface area contributed by atoms with Gasteiger partial charge in [-0.1, -0.05) is 18.2 Å². The van der Waals surface area contributed by atoms with Gasteiger partial charge in [-0.15, -0.1) is 0 Å².